The Morgan fingerprint density at radius 3 is 2.68 bits per heavy atom. The Morgan fingerprint density at radius 1 is 1.42 bits per heavy atom. The Kier molecular flexibility index (Phi) is 4.97. The Morgan fingerprint density at radius 2 is 2.11 bits per heavy atom. The first-order valence-electron chi connectivity index (χ1n) is 6.41. The number of rotatable bonds is 6. The van der Waals surface area contributed by atoms with Crippen LogP contribution in [-0.2, 0) is 16.6 Å². The first-order valence-corrected chi connectivity index (χ1v) is 8.73. The maximum atomic E-state index is 12.3. The molecule has 1 aliphatic rings. The maximum Gasteiger partial charge on any atom is 0.243 e. The number of nitrogens with zero attached hydrogens (tertiary/aromatic N) is 2. The third-order valence-corrected chi connectivity index (χ3v) is 6.33. The molecule has 0 aromatic carbocycles. The third-order valence-electron chi connectivity index (χ3n) is 3.42. The van der Waals surface area contributed by atoms with E-state index in [-0.39, 0.29) is 11.5 Å². The molecule has 7 heteroatoms. The van der Waals surface area contributed by atoms with E-state index < -0.39 is 10.0 Å². The van der Waals surface area contributed by atoms with Gasteiger partial charge in [0.05, 0.1) is 11.5 Å². The second-order valence-corrected chi connectivity index (χ2v) is 7.82. The number of sulfonamides is 1. The highest BCUT2D eigenvalue weighted by Gasteiger charge is 2.23. The first kappa shape index (κ1) is 14.9. The lowest BCUT2D eigenvalue weighted by Crippen LogP contribution is -2.35. The molecule has 1 aromatic heterocycles. The summed E-state index contributed by atoms with van der Waals surface area (Å²) in [6.45, 7) is 3.32. The van der Waals surface area contributed by atoms with Crippen molar-refractivity contribution in [3.63, 3.8) is 0 Å². The van der Waals surface area contributed by atoms with E-state index in [0.29, 0.717) is 11.4 Å². The molecule has 0 unspecified atom stereocenters. The normalized spacial score (nSPS) is 17.4. The van der Waals surface area contributed by atoms with Crippen molar-refractivity contribution in [3.05, 3.63) is 16.3 Å². The predicted octanol–water partition coefficient (Wildman–Crippen LogP) is 0.957. The fourth-order valence-corrected chi connectivity index (χ4v) is 4.45. The molecule has 1 fully saturated rings. The largest absolute Gasteiger partial charge is 0.391 e. The van der Waals surface area contributed by atoms with Crippen molar-refractivity contribution < 1.29 is 13.5 Å². The molecular formula is C12H20N2O3S2. The molecule has 1 N–H and O–H groups in total. The second kappa shape index (κ2) is 6.32. The number of likely N-dealkylation sites (N-methyl/N-ethyl adjacent to an activating group) is 1. The van der Waals surface area contributed by atoms with Crippen molar-refractivity contribution in [2.24, 2.45) is 0 Å². The van der Waals surface area contributed by atoms with E-state index in [1.165, 1.54) is 28.5 Å². The van der Waals surface area contributed by atoms with Gasteiger partial charge in [0, 0.05) is 30.4 Å². The van der Waals surface area contributed by atoms with E-state index in [9.17, 15) is 8.42 Å². The van der Waals surface area contributed by atoms with Gasteiger partial charge in [-0.25, -0.2) is 8.42 Å². The van der Waals surface area contributed by atoms with Crippen LogP contribution in [-0.4, -0.2) is 56.0 Å². The van der Waals surface area contributed by atoms with Gasteiger partial charge >= 0.3 is 0 Å². The summed E-state index contributed by atoms with van der Waals surface area (Å²) in [6, 6.07) is 1.55. The maximum absolute atomic E-state index is 12.3. The van der Waals surface area contributed by atoms with Gasteiger partial charge < -0.3 is 10.0 Å². The standard InChI is InChI=1S/C12H20N2O3S2/c1-13(6-7-14-4-2-3-5-14)19(16,17)12-8-11(9-15)18-10-12/h8,10,15H,2-7,9H2,1H3. The van der Waals surface area contributed by atoms with Crippen molar-refractivity contribution in [1.29, 1.82) is 0 Å². The van der Waals surface area contributed by atoms with Crippen molar-refractivity contribution in [3.8, 4) is 0 Å². The van der Waals surface area contributed by atoms with Crippen LogP contribution in [0.5, 0.6) is 0 Å². The van der Waals surface area contributed by atoms with Crippen LogP contribution in [0.15, 0.2) is 16.3 Å². The molecule has 1 aliphatic heterocycles. The average molecular weight is 304 g/mol. The first-order chi connectivity index (χ1) is 9.04. The molecule has 2 heterocycles. The number of thiophene rings is 1. The molecule has 108 valence electrons. The lowest BCUT2D eigenvalue weighted by molar-refractivity contribution is 0.285. The fourth-order valence-electron chi connectivity index (χ4n) is 2.17. The Labute approximate surface area is 118 Å². The second-order valence-electron chi connectivity index (χ2n) is 4.78. The topological polar surface area (TPSA) is 60.9 Å². The molecule has 0 spiro atoms. The molecule has 0 bridgehead atoms. The number of likely N-dealkylation sites (tertiary alicyclic amines) is 1. The number of aliphatic hydroxyl groups excluding tert-OH is 1. The summed E-state index contributed by atoms with van der Waals surface area (Å²) in [7, 11) is -1.80. The van der Waals surface area contributed by atoms with Crippen molar-refractivity contribution in [2.75, 3.05) is 33.2 Å². The summed E-state index contributed by atoms with van der Waals surface area (Å²) in [5, 5.41) is 10.6. The fraction of sp³-hybridized carbons (Fsp3) is 0.667. The molecule has 1 aromatic rings. The Bertz CT molecular complexity index is 507. The summed E-state index contributed by atoms with van der Waals surface area (Å²) in [5.74, 6) is 0. The molecule has 19 heavy (non-hydrogen) atoms. The van der Waals surface area contributed by atoms with E-state index in [1.807, 2.05) is 0 Å². The van der Waals surface area contributed by atoms with Crippen LogP contribution in [0.3, 0.4) is 0 Å². The summed E-state index contributed by atoms with van der Waals surface area (Å²) in [5.41, 5.74) is 0. The van der Waals surface area contributed by atoms with E-state index in [0.717, 1.165) is 19.6 Å². The minimum atomic E-state index is -3.41. The highest BCUT2D eigenvalue weighted by atomic mass is 32.2. The summed E-state index contributed by atoms with van der Waals surface area (Å²) in [4.78, 5) is 3.25. The average Bonchev–Trinajstić information content (AvgIpc) is 3.06. The highest BCUT2D eigenvalue weighted by Crippen LogP contribution is 2.22. The van der Waals surface area contributed by atoms with E-state index in [2.05, 4.69) is 4.90 Å². The van der Waals surface area contributed by atoms with Crippen LogP contribution in [0.25, 0.3) is 0 Å². The smallest absolute Gasteiger partial charge is 0.243 e. The van der Waals surface area contributed by atoms with Crippen molar-refractivity contribution in [2.45, 2.75) is 24.3 Å². The molecule has 1 saturated heterocycles. The molecule has 2 rings (SSSR count). The highest BCUT2D eigenvalue weighted by molar-refractivity contribution is 7.89. The Hall–Kier alpha value is -0.470. The third kappa shape index (κ3) is 3.55. The van der Waals surface area contributed by atoms with Crippen LogP contribution < -0.4 is 0 Å². The summed E-state index contributed by atoms with van der Waals surface area (Å²) < 4.78 is 26.0. The van der Waals surface area contributed by atoms with Gasteiger partial charge in [-0.15, -0.1) is 11.3 Å². The van der Waals surface area contributed by atoms with Crippen LogP contribution in [0.1, 0.15) is 17.7 Å². The zero-order chi connectivity index (χ0) is 13.9. The monoisotopic (exact) mass is 304 g/mol. The van der Waals surface area contributed by atoms with Gasteiger partial charge in [-0.05, 0) is 32.0 Å². The number of aliphatic hydroxyl groups is 1. The molecular weight excluding hydrogens is 284 g/mol. The number of hydrogen-bond acceptors (Lipinski definition) is 5. The molecule has 0 radical (unpaired) electrons. The van der Waals surface area contributed by atoms with Crippen molar-refractivity contribution >= 4 is 21.4 Å². The molecule has 0 atom stereocenters. The van der Waals surface area contributed by atoms with Crippen LogP contribution in [0.2, 0.25) is 0 Å². The van der Waals surface area contributed by atoms with E-state index >= 15 is 0 Å². The van der Waals surface area contributed by atoms with Gasteiger partial charge in [-0.2, -0.15) is 4.31 Å². The van der Waals surface area contributed by atoms with E-state index in [1.54, 1.807) is 18.5 Å². The minimum absolute atomic E-state index is 0.113. The van der Waals surface area contributed by atoms with Gasteiger partial charge in [0.2, 0.25) is 10.0 Å². The van der Waals surface area contributed by atoms with Gasteiger partial charge in [-0.3, -0.25) is 0 Å². The predicted molar refractivity (Wildman–Crippen MR) is 75.7 cm³/mol. The lowest BCUT2D eigenvalue weighted by Gasteiger charge is -2.20. The molecule has 0 amide bonds. The van der Waals surface area contributed by atoms with Gasteiger partial charge in [-0.1, -0.05) is 0 Å². The number of hydrogen-bond donors (Lipinski definition) is 1. The van der Waals surface area contributed by atoms with Crippen molar-refractivity contribution in [1.82, 2.24) is 9.21 Å². The van der Waals surface area contributed by atoms with Crippen LogP contribution >= 0.6 is 11.3 Å². The zero-order valence-corrected chi connectivity index (χ0v) is 12.7. The van der Waals surface area contributed by atoms with Gasteiger partial charge in [0.25, 0.3) is 0 Å². The summed E-state index contributed by atoms with van der Waals surface area (Å²) in [6.07, 6.45) is 2.42. The molecule has 5 nitrogen and oxygen atoms in total. The van der Waals surface area contributed by atoms with E-state index in [4.69, 9.17) is 5.11 Å². The van der Waals surface area contributed by atoms with Crippen LogP contribution in [0.4, 0.5) is 0 Å². The summed E-state index contributed by atoms with van der Waals surface area (Å²) >= 11 is 1.27. The lowest BCUT2D eigenvalue weighted by atomic mass is 10.4. The molecule has 0 saturated carbocycles. The van der Waals surface area contributed by atoms with Crippen LogP contribution in [0, 0.1) is 0 Å². The van der Waals surface area contributed by atoms with Gasteiger partial charge in [0.15, 0.2) is 0 Å². The Balaban J connectivity index is 1.97. The minimum Gasteiger partial charge on any atom is -0.391 e. The quantitative estimate of drug-likeness (QED) is 0.850. The SMILES string of the molecule is CN(CCN1CCCC1)S(=O)(=O)c1csc(CO)c1. The van der Waals surface area contributed by atoms with Gasteiger partial charge in [0.1, 0.15) is 0 Å². The zero-order valence-electron chi connectivity index (χ0n) is 11.1. The molecule has 0 aliphatic carbocycles.